The number of allylic oxidation sites excluding steroid dienone is 2. The maximum atomic E-state index is 11.6. The number of carbonyl (C=O) groups is 1. The molecular formula is C20H20N4O. The molecular weight excluding hydrogens is 312 g/mol. The average Bonchev–Trinajstić information content (AvgIpc) is 2.92. The zero-order valence-corrected chi connectivity index (χ0v) is 14.5. The minimum atomic E-state index is 0.0119. The van der Waals surface area contributed by atoms with Crippen molar-refractivity contribution in [3.63, 3.8) is 0 Å². The number of benzene rings is 1. The second-order valence-electron chi connectivity index (χ2n) is 6.03. The molecule has 0 atom stereocenters. The summed E-state index contributed by atoms with van der Waals surface area (Å²) < 4.78 is 1.96. The van der Waals surface area contributed by atoms with Gasteiger partial charge >= 0.3 is 0 Å². The monoisotopic (exact) mass is 332 g/mol. The number of imidazole rings is 1. The van der Waals surface area contributed by atoms with E-state index in [2.05, 4.69) is 0 Å². The third-order valence-electron chi connectivity index (χ3n) is 4.31. The van der Waals surface area contributed by atoms with E-state index in [9.17, 15) is 4.79 Å². The minimum absolute atomic E-state index is 0.0119. The smallest absolute Gasteiger partial charge is 0.159 e. The second-order valence-corrected chi connectivity index (χ2v) is 6.03. The molecule has 0 spiro atoms. The third kappa shape index (κ3) is 2.85. The lowest BCUT2D eigenvalue weighted by molar-refractivity contribution is 0.101. The highest BCUT2D eigenvalue weighted by atomic mass is 16.1. The molecule has 5 nitrogen and oxygen atoms in total. The highest BCUT2D eigenvalue weighted by Crippen LogP contribution is 2.31. The van der Waals surface area contributed by atoms with Crippen molar-refractivity contribution < 1.29 is 4.79 Å². The van der Waals surface area contributed by atoms with Crippen LogP contribution in [-0.2, 0) is 0 Å². The molecule has 0 bridgehead atoms. The number of hydrogen-bond donors (Lipinski definition) is 2. The van der Waals surface area contributed by atoms with Crippen LogP contribution in [0.1, 0.15) is 35.5 Å². The Bertz CT molecular complexity index is 1020. The summed E-state index contributed by atoms with van der Waals surface area (Å²) >= 11 is 0. The van der Waals surface area contributed by atoms with E-state index in [-0.39, 0.29) is 5.78 Å². The molecule has 0 fully saturated rings. The summed E-state index contributed by atoms with van der Waals surface area (Å²) in [6, 6.07) is 11.4. The summed E-state index contributed by atoms with van der Waals surface area (Å²) in [7, 11) is 0. The summed E-state index contributed by atoms with van der Waals surface area (Å²) in [5, 5.41) is 7.70. The molecule has 2 aromatic heterocycles. The lowest BCUT2D eigenvalue weighted by Crippen LogP contribution is -2.01. The molecule has 0 aliphatic carbocycles. The molecule has 0 saturated heterocycles. The zero-order chi connectivity index (χ0) is 18.1. The van der Waals surface area contributed by atoms with Gasteiger partial charge < -0.3 is 15.5 Å². The van der Waals surface area contributed by atoms with E-state index in [0.29, 0.717) is 16.8 Å². The van der Waals surface area contributed by atoms with Crippen LogP contribution in [0.3, 0.4) is 0 Å². The fraction of sp³-hybridized carbons (Fsp3) is 0.150. The topological polar surface area (TPSA) is 84.2 Å². The molecule has 0 radical (unpaired) electrons. The number of nitrogens with two attached hydrogens (primary N) is 1. The van der Waals surface area contributed by atoms with Crippen LogP contribution in [0.25, 0.3) is 22.5 Å². The second kappa shape index (κ2) is 6.36. The first kappa shape index (κ1) is 16.6. The van der Waals surface area contributed by atoms with E-state index in [1.54, 1.807) is 26.0 Å². The van der Waals surface area contributed by atoms with Crippen LogP contribution in [0, 0.1) is 12.3 Å². The quantitative estimate of drug-likeness (QED) is 0.562. The molecule has 3 N–H and O–H groups in total. The Hall–Kier alpha value is -3.21. The Balaban J connectivity index is 2.28. The average molecular weight is 332 g/mol. The summed E-state index contributed by atoms with van der Waals surface area (Å²) in [5.41, 5.74) is 12.1. The molecule has 5 heteroatoms. The van der Waals surface area contributed by atoms with Crippen molar-refractivity contribution in [2.45, 2.75) is 20.8 Å². The van der Waals surface area contributed by atoms with Crippen molar-refractivity contribution in [1.82, 2.24) is 9.38 Å². The van der Waals surface area contributed by atoms with Crippen LogP contribution in [0.4, 0.5) is 0 Å². The number of pyridine rings is 1. The maximum Gasteiger partial charge on any atom is 0.159 e. The lowest BCUT2D eigenvalue weighted by atomic mass is 9.96. The van der Waals surface area contributed by atoms with E-state index in [1.165, 1.54) is 6.21 Å². The highest BCUT2D eigenvalue weighted by Gasteiger charge is 2.16. The van der Waals surface area contributed by atoms with Crippen molar-refractivity contribution in [2.75, 3.05) is 0 Å². The number of nitrogens with one attached hydrogen (secondary N) is 1. The molecule has 1 aromatic carbocycles. The molecule has 0 amide bonds. The molecule has 3 aromatic rings. The fourth-order valence-electron chi connectivity index (χ4n) is 2.97. The number of aromatic nitrogens is 2. The summed E-state index contributed by atoms with van der Waals surface area (Å²) in [6.45, 7) is 5.32. The van der Waals surface area contributed by atoms with Crippen molar-refractivity contribution in [3.05, 3.63) is 65.1 Å². The van der Waals surface area contributed by atoms with Crippen LogP contribution in [-0.4, -0.2) is 21.4 Å². The number of rotatable bonds is 4. The van der Waals surface area contributed by atoms with Crippen LogP contribution < -0.4 is 5.73 Å². The first-order chi connectivity index (χ1) is 11.9. The number of nitrogens with zero attached hydrogens (tertiary/aromatic N) is 2. The molecule has 0 saturated carbocycles. The van der Waals surface area contributed by atoms with E-state index in [0.717, 1.165) is 28.2 Å². The van der Waals surface area contributed by atoms with Crippen molar-refractivity contribution >= 4 is 23.2 Å². The van der Waals surface area contributed by atoms with Gasteiger partial charge in [-0.15, -0.1) is 0 Å². The molecule has 0 unspecified atom stereocenters. The van der Waals surface area contributed by atoms with Crippen molar-refractivity contribution in [2.24, 2.45) is 5.73 Å². The minimum Gasteiger partial charge on any atom is -0.402 e. The number of fused-ring (bicyclic) bond motifs is 1. The van der Waals surface area contributed by atoms with E-state index in [4.69, 9.17) is 16.1 Å². The predicted octanol–water partition coefficient (Wildman–Crippen LogP) is 3.85. The summed E-state index contributed by atoms with van der Waals surface area (Å²) in [6.07, 6.45) is 3.13. The number of carbonyl (C=O) groups excluding carboxylic acids is 1. The fourth-order valence-corrected chi connectivity index (χ4v) is 2.97. The maximum absolute atomic E-state index is 11.6. The molecule has 0 aliphatic heterocycles. The van der Waals surface area contributed by atoms with Crippen LogP contribution >= 0.6 is 0 Å². The Morgan fingerprint density at radius 3 is 2.60 bits per heavy atom. The Morgan fingerprint density at radius 1 is 1.24 bits per heavy atom. The molecule has 0 aliphatic rings. The standard InChI is InChI=1S/C20H20N4O/c1-12(22)18(11-21)16-6-4-5-7-17(16)20-13(2)24-9-8-15(14(3)25)10-19(24)23-20/h4-11,21H,22H2,1-3H3/b18-12+,21-11?. The van der Waals surface area contributed by atoms with E-state index < -0.39 is 0 Å². The van der Waals surface area contributed by atoms with Gasteiger partial charge in [0.2, 0.25) is 0 Å². The summed E-state index contributed by atoms with van der Waals surface area (Å²) in [4.78, 5) is 16.4. The van der Waals surface area contributed by atoms with Gasteiger partial charge in [-0.2, -0.15) is 0 Å². The Kier molecular flexibility index (Phi) is 4.23. The highest BCUT2D eigenvalue weighted by molar-refractivity contribution is 6.11. The zero-order valence-electron chi connectivity index (χ0n) is 14.5. The van der Waals surface area contributed by atoms with Crippen LogP contribution in [0.15, 0.2) is 48.3 Å². The van der Waals surface area contributed by atoms with E-state index >= 15 is 0 Å². The van der Waals surface area contributed by atoms with Crippen LogP contribution in [0.2, 0.25) is 0 Å². The SMILES string of the molecule is CC(=O)c1ccn2c(C)c(-c3ccccc3/C(C=N)=C(\C)N)nc2c1. The Labute approximate surface area is 146 Å². The lowest BCUT2D eigenvalue weighted by Gasteiger charge is -2.10. The first-order valence-electron chi connectivity index (χ1n) is 8.00. The first-order valence-corrected chi connectivity index (χ1v) is 8.00. The molecule has 2 heterocycles. The van der Waals surface area contributed by atoms with Gasteiger partial charge in [-0.1, -0.05) is 24.3 Å². The molecule has 25 heavy (non-hydrogen) atoms. The van der Waals surface area contributed by atoms with Gasteiger partial charge in [0.15, 0.2) is 5.78 Å². The van der Waals surface area contributed by atoms with Crippen molar-refractivity contribution in [3.8, 4) is 11.3 Å². The van der Waals surface area contributed by atoms with Gasteiger partial charge in [0.25, 0.3) is 0 Å². The van der Waals surface area contributed by atoms with Gasteiger partial charge in [0.05, 0.1) is 5.69 Å². The number of ketones is 1. The van der Waals surface area contributed by atoms with Crippen molar-refractivity contribution in [1.29, 1.82) is 5.41 Å². The van der Waals surface area contributed by atoms with Gasteiger partial charge in [-0.05, 0) is 38.5 Å². The number of Topliss-reactive ketones (excluding diaryl/α,β-unsaturated/α-hetero) is 1. The normalized spacial score (nSPS) is 12.1. The largest absolute Gasteiger partial charge is 0.402 e. The van der Waals surface area contributed by atoms with Gasteiger partial charge in [0, 0.05) is 40.5 Å². The van der Waals surface area contributed by atoms with Crippen LogP contribution in [0.5, 0.6) is 0 Å². The van der Waals surface area contributed by atoms with E-state index in [1.807, 2.05) is 41.8 Å². The molecule has 126 valence electrons. The summed E-state index contributed by atoms with van der Waals surface area (Å²) in [5.74, 6) is 0.0119. The Morgan fingerprint density at radius 2 is 1.96 bits per heavy atom. The third-order valence-corrected chi connectivity index (χ3v) is 4.31. The number of aryl methyl sites for hydroxylation is 1. The predicted molar refractivity (Wildman–Crippen MR) is 101 cm³/mol. The van der Waals surface area contributed by atoms with Gasteiger partial charge in [-0.3, -0.25) is 4.79 Å². The molecule has 3 rings (SSSR count). The van der Waals surface area contributed by atoms with Gasteiger partial charge in [0.1, 0.15) is 5.65 Å². The number of hydrogen-bond acceptors (Lipinski definition) is 4. The van der Waals surface area contributed by atoms with Gasteiger partial charge in [-0.25, -0.2) is 4.98 Å².